The second-order valence-electron chi connectivity index (χ2n) is 6.94. The predicted molar refractivity (Wildman–Crippen MR) is 108 cm³/mol. The van der Waals surface area contributed by atoms with Crippen LogP contribution in [-0.4, -0.2) is 46.6 Å². The highest BCUT2D eigenvalue weighted by Gasteiger charge is 2.36. The van der Waals surface area contributed by atoms with E-state index >= 15 is 0 Å². The Kier molecular flexibility index (Phi) is 6.30. The van der Waals surface area contributed by atoms with Crippen LogP contribution in [0, 0.1) is 5.82 Å². The van der Waals surface area contributed by atoms with Gasteiger partial charge in [0, 0.05) is 13.1 Å². The number of benzene rings is 2. The van der Waals surface area contributed by atoms with Crippen molar-refractivity contribution in [2.24, 2.45) is 0 Å². The third-order valence-electron chi connectivity index (χ3n) is 5.24. The molecule has 0 atom stereocenters. The van der Waals surface area contributed by atoms with Crippen molar-refractivity contribution in [3.63, 3.8) is 0 Å². The fourth-order valence-electron chi connectivity index (χ4n) is 3.48. The zero-order valence-electron chi connectivity index (χ0n) is 16.3. The molecule has 1 aliphatic rings. The molecule has 1 aliphatic heterocycles. The molecule has 1 fully saturated rings. The molecule has 2 aromatic carbocycles. The molecule has 158 valence electrons. The van der Waals surface area contributed by atoms with Gasteiger partial charge in [0.1, 0.15) is 16.5 Å². The summed E-state index contributed by atoms with van der Waals surface area (Å²) in [4.78, 5) is 0.150. The maximum atomic E-state index is 13.2. The summed E-state index contributed by atoms with van der Waals surface area (Å²) in [6, 6.07) is 9.77. The number of sulfone groups is 1. The Morgan fingerprint density at radius 1 is 1.03 bits per heavy atom. The summed E-state index contributed by atoms with van der Waals surface area (Å²) in [6.07, 6.45) is 1.04. The number of piperidine rings is 1. The first-order valence-corrected chi connectivity index (χ1v) is 12.3. The minimum Gasteiger partial charge on any atom is -0.495 e. The summed E-state index contributed by atoms with van der Waals surface area (Å²) in [5.74, 6) is -0.239. The van der Waals surface area contributed by atoms with Crippen molar-refractivity contribution in [1.82, 2.24) is 4.31 Å². The van der Waals surface area contributed by atoms with Crippen LogP contribution in [-0.2, 0) is 26.3 Å². The van der Waals surface area contributed by atoms with Crippen LogP contribution in [0.5, 0.6) is 5.75 Å². The molecule has 29 heavy (non-hydrogen) atoms. The van der Waals surface area contributed by atoms with E-state index in [0.29, 0.717) is 6.42 Å². The Morgan fingerprint density at radius 3 is 2.21 bits per heavy atom. The zero-order valence-corrected chi connectivity index (χ0v) is 18.0. The predicted octanol–water partition coefficient (Wildman–Crippen LogP) is 3.02. The second kappa shape index (κ2) is 8.41. The molecular weight excluding hydrogens is 417 g/mol. The molecule has 0 spiro atoms. The maximum absolute atomic E-state index is 13.2. The number of sulfonamides is 1. The van der Waals surface area contributed by atoms with Gasteiger partial charge in [-0.25, -0.2) is 21.2 Å². The van der Waals surface area contributed by atoms with E-state index in [0.717, 1.165) is 17.7 Å². The van der Waals surface area contributed by atoms with Gasteiger partial charge in [0.05, 0.1) is 17.3 Å². The molecule has 9 heteroatoms. The Hall–Kier alpha value is -1.97. The molecule has 0 amide bonds. The van der Waals surface area contributed by atoms with E-state index in [2.05, 4.69) is 0 Å². The molecule has 0 unspecified atom stereocenters. The van der Waals surface area contributed by atoms with Crippen LogP contribution >= 0.6 is 0 Å². The summed E-state index contributed by atoms with van der Waals surface area (Å²) in [5.41, 5.74) is 0.873. The van der Waals surface area contributed by atoms with Crippen molar-refractivity contribution < 1.29 is 26.0 Å². The van der Waals surface area contributed by atoms with Crippen LogP contribution in [0.4, 0.5) is 4.39 Å². The number of aryl methyl sites for hydroxylation is 1. The molecule has 6 nitrogen and oxygen atoms in total. The largest absolute Gasteiger partial charge is 0.495 e. The van der Waals surface area contributed by atoms with Gasteiger partial charge in [0.15, 0.2) is 9.84 Å². The van der Waals surface area contributed by atoms with Crippen molar-refractivity contribution in [3.05, 3.63) is 53.8 Å². The van der Waals surface area contributed by atoms with Crippen molar-refractivity contribution in [2.75, 3.05) is 20.2 Å². The Labute approximate surface area is 171 Å². The maximum Gasteiger partial charge on any atom is 0.246 e. The topological polar surface area (TPSA) is 80.8 Å². The zero-order chi connectivity index (χ0) is 21.2. The smallest absolute Gasteiger partial charge is 0.246 e. The Bertz CT molecular complexity index is 1070. The highest BCUT2D eigenvalue weighted by molar-refractivity contribution is 7.92. The van der Waals surface area contributed by atoms with Gasteiger partial charge in [-0.3, -0.25) is 0 Å². The molecule has 0 saturated carbocycles. The lowest BCUT2D eigenvalue weighted by atomic mass is 10.2. The van der Waals surface area contributed by atoms with Crippen LogP contribution in [0.2, 0.25) is 0 Å². The minimum absolute atomic E-state index is 0.0533. The van der Waals surface area contributed by atoms with E-state index in [4.69, 9.17) is 4.74 Å². The van der Waals surface area contributed by atoms with Crippen molar-refractivity contribution >= 4 is 19.9 Å². The van der Waals surface area contributed by atoms with Crippen LogP contribution in [0.25, 0.3) is 0 Å². The summed E-state index contributed by atoms with van der Waals surface area (Å²) in [5, 5.41) is -0.705. The number of hydrogen-bond acceptors (Lipinski definition) is 5. The number of nitrogens with zero attached hydrogens (tertiary/aromatic N) is 1. The van der Waals surface area contributed by atoms with Crippen LogP contribution in [0.15, 0.2) is 52.3 Å². The lowest BCUT2D eigenvalue weighted by Crippen LogP contribution is -2.42. The van der Waals surface area contributed by atoms with Gasteiger partial charge in [0.2, 0.25) is 10.0 Å². The summed E-state index contributed by atoms with van der Waals surface area (Å²) >= 11 is 0. The average molecular weight is 442 g/mol. The lowest BCUT2D eigenvalue weighted by molar-refractivity contribution is 0.342. The van der Waals surface area contributed by atoms with E-state index in [1.54, 1.807) is 12.1 Å². The highest BCUT2D eigenvalue weighted by Crippen LogP contribution is 2.32. The monoisotopic (exact) mass is 441 g/mol. The van der Waals surface area contributed by atoms with Gasteiger partial charge in [-0.1, -0.05) is 13.0 Å². The van der Waals surface area contributed by atoms with Crippen molar-refractivity contribution in [1.29, 1.82) is 0 Å². The first-order valence-electron chi connectivity index (χ1n) is 9.36. The number of rotatable bonds is 6. The molecule has 1 saturated heterocycles. The molecule has 3 rings (SSSR count). The van der Waals surface area contributed by atoms with E-state index in [9.17, 15) is 21.2 Å². The molecule has 0 aromatic heterocycles. The van der Waals surface area contributed by atoms with Gasteiger partial charge in [0.25, 0.3) is 0 Å². The van der Waals surface area contributed by atoms with Gasteiger partial charge in [-0.15, -0.1) is 0 Å². The summed E-state index contributed by atoms with van der Waals surface area (Å²) in [6.45, 7) is 2.11. The normalized spacial score (nSPS) is 16.7. The second-order valence-corrected chi connectivity index (χ2v) is 11.1. The van der Waals surface area contributed by atoms with Crippen LogP contribution in [0.3, 0.4) is 0 Å². The number of halogens is 1. The lowest BCUT2D eigenvalue weighted by Gasteiger charge is -2.31. The Morgan fingerprint density at radius 2 is 1.66 bits per heavy atom. The van der Waals surface area contributed by atoms with Crippen molar-refractivity contribution in [3.8, 4) is 5.75 Å². The fraction of sp³-hybridized carbons (Fsp3) is 0.400. The summed E-state index contributed by atoms with van der Waals surface area (Å²) < 4.78 is 71.5. The third kappa shape index (κ3) is 4.31. The average Bonchev–Trinajstić information content (AvgIpc) is 2.73. The molecule has 0 N–H and O–H groups in total. The van der Waals surface area contributed by atoms with Gasteiger partial charge in [-0.2, -0.15) is 4.31 Å². The van der Waals surface area contributed by atoms with Crippen LogP contribution < -0.4 is 4.74 Å². The summed E-state index contributed by atoms with van der Waals surface area (Å²) in [7, 11) is -6.04. The molecule has 0 aliphatic carbocycles. The van der Waals surface area contributed by atoms with Gasteiger partial charge in [-0.05, 0) is 61.2 Å². The van der Waals surface area contributed by atoms with E-state index in [-0.39, 0.29) is 41.5 Å². The Balaban J connectivity index is 1.81. The first kappa shape index (κ1) is 21.7. The third-order valence-corrected chi connectivity index (χ3v) is 9.43. The quantitative estimate of drug-likeness (QED) is 0.644. The fourth-order valence-corrected chi connectivity index (χ4v) is 6.89. The van der Waals surface area contributed by atoms with Crippen LogP contribution in [0.1, 0.15) is 25.3 Å². The molecular formula is C20H24FNO5S2. The standard InChI is InChI=1S/C20H24FNO5S2/c1-3-15-4-9-19(27-2)20(14-15)29(25,26)22-12-10-18(11-13-22)28(23,24)17-7-5-16(21)6-8-17/h4-9,14,18H,3,10-13H2,1-2H3. The number of hydrogen-bond donors (Lipinski definition) is 0. The first-order chi connectivity index (χ1) is 13.7. The molecule has 0 radical (unpaired) electrons. The molecule has 0 bridgehead atoms. The molecule has 2 aromatic rings. The van der Waals surface area contributed by atoms with Crippen molar-refractivity contribution in [2.45, 2.75) is 41.2 Å². The van der Waals surface area contributed by atoms with E-state index in [1.165, 1.54) is 23.5 Å². The number of methoxy groups -OCH3 is 1. The molecule has 1 heterocycles. The highest BCUT2D eigenvalue weighted by atomic mass is 32.2. The van der Waals surface area contributed by atoms with E-state index < -0.39 is 30.9 Å². The number of ether oxygens (including phenoxy) is 1. The van der Waals surface area contributed by atoms with Gasteiger partial charge >= 0.3 is 0 Å². The van der Waals surface area contributed by atoms with E-state index in [1.807, 2.05) is 13.0 Å². The minimum atomic E-state index is -3.81. The SMILES string of the molecule is CCc1ccc(OC)c(S(=O)(=O)N2CCC(S(=O)(=O)c3ccc(F)cc3)CC2)c1. The van der Waals surface area contributed by atoms with Gasteiger partial charge < -0.3 is 4.74 Å².